The van der Waals surface area contributed by atoms with Crippen LogP contribution in [0.2, 0.25) is 0 Å². The van der Waals surface area contributed by atoms with Crippen molar-refractivity contribution in [2.75, 3.05) is 0 Å². The molecule has 0 saturated carbocycles. The molecule has 0 N–H and O–H groups in total. The summed E-state index contributed by atoms with van der Waals surface area (Å²) in [5.74, 6) is 0. The molecule has 0 aliphatic heterocycles. The number of halogens is 3. The summed E-state index contributed by atoms with van der Waals surface area (Å²) in [7, 11) is 0. The van der Waals surface area contributed by atoms with Crippen molar-refractivity contribution in [3.8, 4) is 0 Å². The van der Waals surface area contributed by atoms with Crippen molar-refractivity contribution in [1.29, 1.82) is 0 Å². The SMILES string of the molecule is Cc1cnn(Cc2ccccc2C(F)(F)F)c(=O)c1. The maximum atomic E-state index is 12.8. The van der Waals surface area contributed by atoms with E-state index in [9.17, 15) is 18.0 Å². The van der Waals surface area contributed by atoms with Gasteiger partial charge in [0.1, 0.15) is 0 Å². The van der Waals surface area contributed by atoms with E-state index >= 15 is 0 Å². The fourth-order valence-electron chi connectivity index (χ4n) is 1.74. The highest BCUT2D eigenvalue weighted by Crippen LogP contribution is 2.31. The van der Waals surface area contributed by atoms with Gasteiger partial charge in [-0.05, 0) is 24.1 Å². The molecule has 0 fully saturated rings. The molecule has 0 aliphatic rings. The van der Waals surface area contributed by atoms with Crippen molar-refractivity contribution < 1.29 is 13.2 Å². The van der Waals surface area contributed by atoms with Crippen molar-refractivity contribution in [1.82, 2.24) is 9.78 Å². The number of hydrogen-bond donors (Lipinski definition) is 0. The Morgan fingerprint density at radius 3 is 2.58 bits per heavy atom. The van der Waals surface area contributed by atoms with Crippen LogP contribution in [0, 0.1) is 6.92 Å². The van der Waals surface area contributed by atoms with Crippen LogP contribution in [0.25, 0.3) is 0 Å². The number of nitrogens with zero attached hydrogens (tertiary/aromatic N) is 2. The first-order valence-electron chi connectivity index (χ1n) is 5.57. The maximum Gasteiger partial charge on any atom is 0.416 e. The number of aryl methyl sites for hydroxylation is 1. The first kappa shape index (κ1) is 13.3. The Kier molecular flexibility index (Phi) is 3.42. The van der Waals surface area contributed by atoms with E-state index in [0.717, 1.165) is 10.7 Å². The molecule has 1 aromatic carbocycles. The van der Waals surface area contributed by atoms with Crippen LogP contribution in [0.5, 0.6) is 0 Å². The van der Waals surface area contributed by atoms with Crippen LogP contribution in [0.4, 0.5) is 13.2 Å². The lowest BCUT2D eigenvalue weighted by molar-refractivity contribution is -0.138. The van der Waals surface area contributed by atoms with E-state index in [1.165, 1.54) is 30.5 Å². The fourth-order valence-corrected chi connectivity index (χ4v) is 1.74. The van der Waals surface area contributed by atoms with Crippen molar-refractivity contribution in [2.45, 2.75) is 19.6 Å². The Balaban J connectivity index is 2.42. The average Bonchev–Trinajstić information content (AvgIpc) is 2.32. The van der Waals surface area contributed by atoms with Crippen LogP contribution in [0.15, 0.2) is 41.3 Å². The molecule has 0 bridgehead atoms. The van der Waals surface area contributed by atoms with Gasteiger partial charge in [0.15, 0.2) is 0 Å². The summed E-state index contributed by atoms with van der Waals surface area (Å²) >= 11 is 0. The van der Waals surface area contributed by atoms with Gasteiger partial charge in [-0.3, -0.25) is 4.79 Å². The van der Waals surface area contributed by atoms with E-state index in [0.29, 0.717) is 5.56 Å². The van der Waals surface area contributed by atoms with E-state index in [2.05, 4.69) is 5.10 Å². The van der Waals surface area contributed by atoms with E-state index in [-0.39, 0.29) is 12.1 Å². The molecular formula is C13H11F3N2O. The van der Waals surface area contributed by atoms with Gasteiger partial charge in [0.05, 0.1) is 18.3 Å². The van der Waals surface area contributed by atoms with Crippen molar-refractivity contribution in [3.63, 3.8) is 0 Å². The number of benzene rings is 1. The van der Waals surface area contributed by atoms with Gasteiger partial charge < -0.3 is 0 Å². The predicted octanol–water partition coefficient (Wildman–Crippen LogP) is 2.62. The summed E-state index contributed by atoms with van der Waals surface area (Å²) in [5.41, 5.74) is -0.472. The van der Waals surface area contributed by atoms with Gasteiger partial charge in [-0.2, -0.15) is 18.3 Å². The minimum absolute atomic E-state index is 0.0217. The van der Waals surface area contributed by atoms with Crippen molar-refractivity contribution in [2.24, 2.45) is 0 Å². The van der Waals surface area contributed by atoms with Gasteiger partial charge in [-0.15, -0.1) is 0 Å². The Bertz CT molecular complexity index is 647. The summed E-state index contributed by atoms with van der Waals surface area (Å²) < 4.78 is 39.4. The second-order valence-electron chi connectivity index (χ2n) is 4.18. The number of aromatic nitrogens is 2. The molecular weight excluding hydrogens is 257 g/mol. The Hall–Kier alpha value is -2.11. The zero-order chi connectivity index (χ0) is 14.0. The highest BCUT2D eigenvalue weighted by Gasteiger charge is 2.32. The van der Waals surface area contributed by atoms with Crippen LogP contribution in [0.1, 0.15) is 16.7 Å². The van der Waals surface area contributed by atoms with E-state index in [1.54, 1.807) is 6.92 Å². The molecule has 100 valence electrons. The predicted molar refractivity (Wildman–Crippen MR) is 63.8 cm³/mol. The molecule has 0 saturated heterocycles. The summed E-state index contributed by atoms with van der Waals surface area (Å²) in [4.78, 5) is 11.6. The Morgan fingerprint density at radius 2 is 1.95 bits per heavy atom. The lowest BCUT2D eigenvalue weighted by Gasteiger charge is -2.13. The van der Waals surface area contributed by atoms with Gasteiger partial charge in [-0.1, -0.05) is 18.2 Å². The number of hydrogen-bond acceptors (Lipinski definition) is 2. The zero-order valence-corrected chi connectivity index (χ0v) is 10.1. The number of rotatable bonds is 2. The van der Waals surface area contributed by atoms with Crippen molar-refractivity contribution >= 4 is 0 Å². The molecule has 6 heteroatoms. The Morgan fingerprint density at radius 1 is 1.26 bits per heavy atom. The van der Waals surface area contributed by atoms with E-state index in [1.807, 2.05) is 0 Å². The fraction of sp³-hybridized carbons (Fsp3) is 0.231. The third-order valence-electron chi connectivity index (χ3n) is 2.65. The lowest BCUT2D eigenvalue weighted by atomic mass is 10.1. The first-order chi connectivity index (χ1) is 8.88. The molecule has 0 aliphatic carbocycles. The third kappa shape index (κ3) is 3.01. The minimum atomic E-state index is -4.44. The monoisotopic (exact) mass is 268 g/mol. The van der Waals surface area contributed by atoms with Gasteiger partial charge >= 0.3 is 6.18 Å². The molecule has 1 aromatic heterocycles. The maximum absolute atomic E-state index is 12.8. The molecule has 0 radical (unpaired) electrons. The third-order valence-corrected chi connectivity index (χ3v) is 2.65. The molecule has 3 nitrogen and oxygen atoms in total. The second kappa shape index (κ2) is 4.87. The normalized spacial score (nSPS) is 11.6. The van der Waals surface area contributed by atoms with Gasteiger partial charge in [0.2, 0.25) is 0 Å². The average molecular weight is 268 g/mol. The molecule has 2 aromatic rings. The van der Waals surface area contributed by atoms with Gasteiger partial charge in [-0.25, -0.2) is 4.68 Å². The van der Waals surface area contributed by atoms with Crippen LogP contribution >= 0.6 is 0 Å². The zero-order valence-electron chi connectivity index (χ0n) is 10.1. The largest absolute Gasteiger partial charge is 0.416 e. The molecule has 0 amide bonds. The summed E-state index contributed by atoms with van der Waals surface area (Å²) in [6.07, 6.45) is -3.00. The van der Waals surface area contributed by atoms with Gasteiger partial charge in [0.25, 0.3) is 5.56 Å². The lowest BCUT2D eigenvalue weighted by Crippen LogP contribution is -2.24. The molecule has 0 unspecified atom stereocenters. The molecule has 1 heterocycles. The van der Waals surface area contributed by atoms with Crippen LogP contribution in [-0.2, 0) is 12.7 Å². The summed E-state index contributed by atoms with van der Waals surface area (Å²) in [6.45, 7) is 1.50. The van der Waals surface area contributed by atoms with Crippen LogP contribution in [-0.4, -0.2) is 9.78 Å². The standard InChI is InChI=1S/C13H11F3N2O/c1-9-6-12(19)18(17-7-9)8-10-4-2-3-5-11(10)13(14,15)16/h2-7H,8H2,1H3. The van der Waals surface area contributed by atoms with Crippen LogP contribution in [0.3, 0.4) is 0 Å². The summed E-state index contributed by atoms with van der Waals surface area (Å²) in [6, 6.07) is 6.50. The van der Waals surface area contributed by atoms with Crippen LogP contribution < -0.4 is 5.56 Å². The smallest absolute Gasteiger partial charge is 0.268 e. The molecule has 0 spiro atoms. The highest BCUT2D eigenvalue weighted by molar-refractivity contribution is 5.29. The minimum Gasteiger partial charge on any atom is -0.268 e. The van der Waals surface area contributed by atoms with Gasteiger partial charge in [0, 0.05) is 6.07 Å². The highest BCUT2D eigenvalue weighted by atomic mass is 19.4. The first-order valence-corrected chi connectivity index (χ1v) is 5.57. The number of alkyl halides is 3. The van der Waals surface area contributed by atoms with E-state index in [4.69, 9.17) is 0 Å². The topological polar surface area (TPSA) is 34.9 Å². The molecule has 19 heavy (non-hydrogen) atoms. The second-order valence-corrected chi connectivity index (χ2v) is 4.18. The quantitative estimate of drug-likeness (QED) is 0.839. The molecule has 0 atom stereocenters. The van der Waals surface area contributed by atoms with E-state index < -0.39 is 17.3 Å². The molecule has 2 rings (SSSR count). The summed E-state index contributed by atoms with van der Waals surface area (Å²) in [5, 5.41) is 3.83. The Labute approximate surface area is 107 Å². The van der Waals surface area contributed by atoms with Crippen molar-refractivity contribution in [3.05, 3.63) is 63.6 Å².